The summed E-state index contributed by atoms with van der Waals surface area (Å²) in [6.45, 7) is 0. The van der Waals surface area contributed by atoms with Gasteiger partial charge in [-0.15, -0.1) is 0 Å². The molecule has 4 rings (SSSR count). The number of nitrogens with zero attached hydrogens (tertiary/aromatic N) is 4. The van der Waals surface area contributed by atoms with Crippen molar-refractivity contribution in [1.29, 1.82) is 0 Å². The summed E-state index contributed by atoms with van der Waals surface area (Å²) in [5.74, 6) is 0.849. The molecule has 6 heteroatoms. The molecule has 0 aliphatic heterocycles. The molecule has 0 unspecified atom stereocenters. The molecule has 0 radical (unpaired) electrons. The number of rotatable bonds is 2. The molecule has 0 aromatic carbocycles. The molecule has 1 aliphatic rings. The highest BCUT2D eigenvalue weighted by molar-refractivity contribution is 6.30. The van der Waals surface area contributed by atoms with Crippen molar-refractivity contribution in [3.05, 3.63) is 58.2 Å². The van der Waals surface area contributed by atoms with E-state index < -0.39 is 0 Å². The first-order chi connectivity index (χ1) is 9.72. The van der Waals surface area contributed by atoms with Crippen molar-refractivity contribution in [2.45, 2.75) is 18.3 Å². The molecule has 0 N–H and O–H groups in total. The van der Waals surface area contributed by atoms with Crippen LogP contribution in [0.25, 0.3) is 5.65 Å². The fourth-order valence-electron chi connectivity index (χ4n) is 2.65. The highest BCUT2D eigenvalue weighted by Gasteiger charge is 2.42. The van der Waals surface area contributed by atoms with Gasteiger partial charge < -0.3 is 0 Å². The summed E-state index contributed by atoms with van der Waals surface area (Å²) in [7, 11) is 0. The number of hydrogen-bond donors (Lipinski definition) is 0. The highest BCUT2D eigenvalue weighted by atomic mass is 35.5. The summed E-state index contributed by atoms with van der Waals surface area (Å²) in [5, 5.41) is 5.35. The minimum Gasteiger partial charge on any atom is -0.259 e. The molecule has 3 heterocycles. The standard InChI is InChI=1S/C14H10Cl2N4/c15-8-1-2-12(17-6-8)11-5-10(11)9-3-4-18-20-7-13(16)19-14(9)20/h1-4,6-7,10-11H,5H2/t10-,11+/m1/s1. The topological polar surface area (TPSA) is 43.1 Å². The number of hydrogen-bond acceptors (Lipinski definition) is 3. The summed E-state index contributed by atoms with van der Waals surface area (Å²) >= 11 is 11.8. The van der Waals surface area contributed by atoms with E-state index in [0.717, 1.165) is 17.8 Å². The molecule has 1 fully saturated rings. The van der Waals surface area contributed by atoms with Crippen LogP contribution in [-0.4, -0.2) is 19.6 Å². The van der Waals surface area contributed by atoms with Crippen molar-refractivity contribution >= 4 is 28.8 Å². The first-order valence-corrected chi connectivity index (χ1v) is 7.09. The molecule has 3 aromatic heterocycles. The molecule has 100 valence electrons. The Morgan fingerprint density at radius 2 is 2.05 bits per heavy atom. The SMILES string of the molecule is Clc1ccc([C@H]2C[C@@H]2c2ccnn3cc(Cl)nc23)nc1. The monoisotopic (exact) mass is 304 g/mol. The molecule has 20 heavy (non-hydrogen) atoms. The van der Waals surface area contributed by atoms with Crippen molar-refractivity contribution in [2.24, 2.45) is 0 Å². The first-order valence-electron chi connectivity index (χ1n) is 6.33. The maximum absolute atomic E-state index is 5.95. The van der Waals surface area contributed by atoms with Gasteiger partial charge in [0.1, 0.15) is 5.15 Å². The largest absolute Gasteiger partial charge is 0.259 e. The van der Waals surface area contributed by atoms with Crippen LogP contribution >= 0.6 is 23.2 Å². The molecule has 4 nitrogen and oxygen atoms in total. The zero-order valence-electron chi connectivity index (χ0n) is 10.4. The summed E-state index contributed by atoms with van der Waals surface area (Å²) in [6.07, 6.45) is 6.27. The van der Waals surface area contributed by atoms with Gasteiger partial charge in [0, 0.05) is 29.6 Å². The van der Waals surface area contributed by atoms with Gasteiger partial charge in [0.05, 0.1) is 11.2 Å². The predicted molar refractivity (Wildman–Crippen MR) is 77.3 cm³/mol. The number of imidazole rings is 1. The minimum absolute atomic E-state index is 0.424. The van der Waals surface area contributed by atoms with Crippen LogP contribution in [0.15, 0.2) is 36.8 Å². The average Bonchev–Trinajstić information content (AvgIpc) is 3.13. The number of aromatic nitrogens is 4. The summed E-state index contributed by atoms with van der Waals surface area (Å²) in [5.41, 5.74) is 3.08. The van der Waals surface area contributed by atoms with Gasteiger partial charge in [-0.3, -0.25) is 4.98 Å². The molecular weight excluding hydrogens is 295 g/mol. The van der Waals surface area contributed by atoms with E-state index in [4.69, 9.17) is 23.2 Å². The van der Waals surface area contributed by atoms with Crippen LogP contribution in [-0.2, 0) is 0 Å². The third-order valence-corrected chi connectivity index (χ3v) is 4.09. The zero-order chi connectivity index (χ0) is 13.7. The lowest BCUT2D eigenvalue weighted by Gasteiger charge is -2.02. The lowest BCUT2D eigenvalue weighted by Crippen LogP contribution is -1.95. The van der Waals surface area contributed by atoms with Gasteiger partial charge in [-0.2, -0.15) is 5.10 Å². The molecular formula is C14H10Cl2N4. The van der Waals surface area contributed by atoms with Gasteiger partial charge in [0.15, 0.2) is 5.65 Å². The Labute approximate surface area is 125 Å². The molecule has 2 atom stereocenters. The van der Waals surface area contributed by atoms with Crippen LogP contribution in [0.4, 0.5) is 0 Å². The normalized spacial score (nSPS) is 21.3. The molecule has 0 bridgehead atoms. The van der Waals surface area contributed by atoms with E-state index in [-0.39, 0.29) is 0 Å². The second-order valence-electron chi connectivity index (χ2n) is 4.97. The van der Waals surface area contributed by atoms with Crippen molar-refractivity contribution in [3.63, 3.8) is 0 Å². The van der Waals surface area contributed by atoms with Gasteiger partial charge in [0.2, 0.25) is 0 Å². The summed E-state index contributed by atoms with van der Waals surface area (Å²) < 4.78 is 1.72. The fourth-order valence-corrected chi connectivity index (χ4v) is 2.93. The maximum atomic E-state index is 5.95. The quantitative estimate of drug-likeness (QED) is 0.725. The van der Waals surface area contributed by atoms with E-state index >= 15 is 0 Å². The van der Waals surface area contributed by atoms with Gasteiger partial charge in [-0.25, -0.2) is 9.50 Å². The van der Waals surface area contributed by atoms with Gasteiger partial charge in [0.25, 0.3) is 0 Å². The first kappa shape index (κ1) is 12.1. The number of fused-ring (bicyclic) bond motifs is 1. The van der Waals surface area contributed by atoms with Crippen LogP contribution < -0.4 is 0 Å². The Balaban J connectivity index is 1.70. The van der Waals surface area contributed by atoms with Crippen molar-refractivity contribution < 1.29 is 0 Å². The average molecular weight is 305 g/mol. The maximum Gasteiger partial charge on any atom is 0.158 e. The van der Waals surface area contributed by atoms with E-state index in [2.05, 4.69) is 15.1 Å². The van der Waals surface area contributed by atoms with E-state index in [1.54, 1.807) is 23.1 Å². The van der Waals surface area contributed by atoms with Crippen LogP contribution in [0.5, 0.6) is 0 Å². The molecule has 1 saturated carbocycles. The highest BCUT2D eigenvalue weighted by Crippen LogP contribution is 2.54. The zero-order valence-corrected chi connectivity index (χ0v) is 11.9. The van der Waals surface area contributed by atoms with E-state index in [1.807, 2.05) is 18.2 Å². The van der Waals surface area contributed by atoms with E-state index in [1.165, 1.54) is 5.56 Å². The predicted octanol–water partition coefficient (Wildman–Crippen LogP) is 3.70. The molecule has 0 amide bonds. The Hall–Kier alpha value is -1.65. The Kier molecular flexibility index (Phi) is 2.69. The third-order valence-electron chi connectivity index (χ3n) is 3.68. The van der Waals surface area contributed by atoms with Crippen LogP contribution in [0, 0.1) is 0 Å². The second kappa shape index (κ2) is 4.43. The van der Waals surface area contributed by atoms with Crippen molar-refractivity contribution in [2.75, 3.05) is 0 Å². The summed E-state index contributed by atoms with van der Waals surface area (Å²) in [6, 6.07) is 5.89. The van der Waals surface area contributed by atoms with Crippen LogP contribution in [0.3, 0.4) is 0 Å². The van der Waals surface area contributed by atoms with Crippen LogP contribution in [0.2, 0.25) is 10.2 Å². The molecule has 0 saturated heterocycles. The summed E-state index contributed by atoms with van der Waals surface area (Å²) in [4.78, 5) is 8.74. The molecule has 1 aliphatic carbocycles. The fraction of sp³-hybridized carbons (Fsp3) is 0.214. The Bertz CT molecular complexity index is 781. The number of halogens is 2. The van der Waals surface area contributed by atoms with Gasteiger partial charge in [-0.1, -0.05) is 23.2 Å². The Morgan fingerprint density at radius 3 is 2.85 bits per heavy atom. The van der Waals surface area contributed by atoms with Crippen molar-refractivity contribution in [3.8, 4) is 0 Å². The lowest BCUT2D eigenvalue weighted by atomic mass is 10.1. The number of pyridine rings is 1. The molecule has 3 aromatic rings. The van der Waals surface area contributed by atoms with Gasteiger partial charge in [-0.05, 0) is 30.5 Å². The second-order valence-corrected chi connectivity index (χ2v) is 5.79. The minimum atomic E-state index is 0.424. The van der Waals surface area contributed by atoms with E-state index in [9.17, 15) is 0 Å². The van der Waals surface area contributed by atoms with E-state index in [0.29, 0.717) is 22.0 Å². The lowest BCUT2D eigenvalue weighted by molar-refractivity contribution is 0.899. The smallest absolute Gasteiger partial charge is 0.158 e. The van der Waals surface area contributed by atoms with Crippen LogP contribution in [0.1, 0.15) is 29.5 Å². The molecule has 0 spiro atoms. The van der Waals surface area contributed by atoms with Crippen molar-refractivity contribution in [1.82, 2.24) is 19.6 Å². The Morgan fingerprint density at radius 1 is 1.15 bits per heavy atom. The third kappa shape index (κ3) is 1.96. The van der Waals surface area contributed by atoms with Gasteiger partial charge >= 0.3 is 0 Å².